The van der Waals surface area contributed by atoms with Gasteiger partial charge in [-0.05, 0) is 36.8 Å². The van der Waals surface area contributed by atoms with E-state index < -0.39 is 0 Å². The lowest BCUT2D eigenvalue weighted by molar-refractivity contribution is 0.381. The van der Waals surface area contributed by atoms with Crippen molar-refractivity contribution < 1.29 is 9.84 Å². The first-order valence-electron chi connectivity index (χ1n) is 9.56. The van der Waals surface area contributed by atoms with Crippen LogP contribution < -0.4 is 10.1 Å². The SMILES string of the molecule is COc1ccccc1C1N=C(c2ccc(C)cc2)CC(c2cc(Br)ccc2O)N1. The van der Waals surface area contributed by atoms with Gasteiger partial charge in [-0.2, -0.15) is 0 Å². The Morgan fingerprint density at radius 2 is 1.79 bits per heavy atom. The third kappa shape index (κ3) is 4.21. The average Bonchev–Trinajstić information content (AvgIpc) is 2.75. The van der Waals surface area contributed by atoms with Crippen molar-refractivity contribution >= 4 is 21.6 Å². The summed E-state index contributed by atoms with van der Waals surface area (Å²) in [6.07, 6.45) is 0.401. The number of phenols is 1. The molecule has 0 radical (unpaired) electrons. The fourth-order valence-electron chi connectivity index (χ4n) is 3.68. The number of para-hydroxylation sites is 1. The maximum Gasteiger partial charge on any atom is 0.129 e. The number of rotatable bonds is 4. The van der Waals surface area contributed by atoms with Crippen LogP contribution in [0.1, 0.15) is 40.9 Å². The van der Waals surface area contributed by atoms with Gasteiger partial charge in [0.2, 0.25) is 0 Å². The van der Waals surface area contributed by atoms with Gasteiger partial charge in [-0.25, -0.2) is 0 Å². The number of aromatic hydroxyl groups is 1. The second kappa shape index (κ2) is 8.39. The number of ether oxygens (including phenoxy) is 1. The van der Waals surface area contributed by atoms with Crippen molar-refractivity contribution in [2.75, 3.05) is 7.11 Å². The first-order chi connectivity index (χ1) is 14.0. The van der Waals surface area contributed by atoms with Gasteiger partial charge in [0, 0.05) is 33.8 Å². The zero-order valence-electron chi connectivity index (χ0n) is 16.4. The second-order valence-corrected chi connectivity index (χ2v) is 8.13. The number of methoxy groups -OCH3 is 1. The molecular weight excluding hydrogens is 428 g/mol. The third-order valence-electron chi connectivity index (χ3n) is 5.22. The molecule has 3 aromatic rings. The van der Waals surface area contributed by atoms with Crippen LogP contribution in [0.25, 0.3) is 0 Å². The van der Waals surface area contributed by atoms with Gasteiger partial charge in [-0.1, -0.05) is 64.0 Å². The summed E-state index contributed by atoms with van der Waals surface area (Å²) in [5.41, 5.74) is 5.13. The largest absolute Gasteiger partial charge is 0.508 e. The lowest BCUT2D eigenvalue weighted by atomic mass is 9.93. The minimum atomic E-state index is -0.278. The van der Waals surface area contributed by atoms with E-state index in [2.05, 4.69) is 52.4 Å². The Morgan fingerprint density at radius 1 is 1.03 bits per heavy atom. The highest BCUT2D eigenvalue weighted by Gasteiger charge is 2.29. The fraction of sp³-hybridized carbons (Fsp3) is 0.208. The smallest absolute Gasteiger partial charge is 0.129 e. The minimum Gasteiger partial charge on any atom is -0.508 e. The standard InChI is InChI=1S/C24H23BrN2O2/c1-15-7-9-16(10-8-15)20-14-21(19-13-17(25)11-12-22(19)28)27-24(26-20)18-5-3-4-6-23(18)29-2/h3-13,21,24,27-28H,14H2,1-2H3. The molecule has 148 valence electrons. The van der Waals surface area contributed by atoms with E-state index in [1.54, 1.807) is 13.2 Å². The molecule has 0 saturated heterocycles. The zero-order chi connectivity index (χ0) is 20.4. The highest BCUT2D eigenvalue weighted by molar-refractivity contribution is 9.10. The van der Waals surface area contributed by atoms with E-state index >= 15 is 0 Å². The van der Waals surface area contributed by atoms with E-state index in [1.807, 2.05) is 36.4 Å². The summed E-state index contributed by atoms with van der Waals surface area (Å²) >= 11 is 3.52. The van der Waals surface area contributed by atoms with Crippen molar-refractivity contribution in [3.63, 3.8) is 0 Å². The number of halogens is 1. The van der Waals surface area contributed by atoms with Crippen LogP contribution in [0, 0.1) is 6.92 Å². The Labute approximate surface area is 179 Å². The van der Waals surface area contributed by atoms with Crippen LogP contribution in [0.15, 0.2) is 76.2 Å². The number of phenolic OH excluding ortho intramolecular Hbond substituents is 1. The highest BCUT2D eigenvalue weighted by atomic mass is 79.9. The zero-order valence-corrected chi connectivity index (χ0v) is 18.0. The molecule has 2 atom stereocenters. The first-order valence-corrected chi connectivity index (χ1v) is 10.4. The van der Waals surface area contributed by atoms with Crippen LogP contribution in [0.4, 0.5) is 0 Å². The molecule has 0 aromatic heterocycles. The molecular formula is C24H23BrN2O2. The molecule has 0 saturated carbocycles. The maximum atomic E-state index is 10.5. The van der Waals surface area contributed by atoms with Gasteiger partial charge < -0.3 is 9.84 Å². The fourth-order valence-corrected chi connectivity index (χ4v) is 4.06. The maximum absolute atomic E-state index is 10.5. The summed E-state index contributed by atoms with van der Waals surface area (Å²) < 4.78 is 6.50. The predicted molar refractivity (Wildman–Crippen MR) is 120 cm³/mol. The summed E-state index contributed by atoms with van der Waals surface area (Å²) in [5.74, 6) is 1.06. The topological polar surface area (TPSA) is 53.9 Å². The molecule has 29 heavy (non-hydrogen) atoms. The summed E-state index contributed by atoms with van der Waals surface area (Å²) in [6.45, 7) is 2.08. The lowest BCUT2D eigenvalue weighted by Crippen LogP contribution is -2.33. The summed E-state index contributed by atoms with van der Waals surface area (Å²) in [4.78, 5) is 5.02. The normalized spacial score (nSPS) is 18.9. The second-order valence-electron chi connectivity index (χ2n) is 7.21. The summed E-state index contributed by atoms with van der Waals surface area (Å²) in [5, 5.41) is 14.1. The van der Waals surface area contributed by atoms with Gasteiger partial charge in [0.25, 0.3) is 0 Å². The van der Waals surface area contributed by atoms with Gasteiger partial charge in [-0.3, -0.25) is 10.3 Å². The van der Waals surface area contributed by atoms with Gasteiger partial charge in [-0.15, -0.1) is 0 Å². The molecule has 0 spiro atoms. The molecule has 1 heterocycles. The van der Waals surface area contributed by atoms with Crippen LogP contribution in [0.2, 0.25) is 0 Å². The Hall–Kier alpha value is -2.63. The molecule has 0 bridgehead atoms. The van der Waals surface area contributed by atoms with Gasteiger partial charge >= 0.3 is 0 Å². The number of nitrogens with zero attached hydrogens (tertiary/aromatic N) is 1. The summed E-state index contributed by atoms with van der Waals surface area (Å²) in [6, 6.07) is 21.8. The number of nitrogens with one attached hydrogen (secondary N) is 1. The molecule has 0 aliphatic carbocycles. The Bertz CT molecular complexity index is 1050. The van der Waals surface area contributed by atoms with Crippen LogP contribution in [0.5, 0.6) is 11.5 Å². The van der Waals surface area contributed by atoms with E-state index in [0.717, 1.165) is 32.6 Å². The highest BCUT2D eigenvalue weighted by Crippen LogP contribution is 2.37. The quantitative estimate of drug-likeness (QED) is 0.536. The minimum absolute atomic E-state index is 0.0868. The molecule has 1 aliphatic rings. The molecule has 2 N–H and O–H groups in total. The Morgan fingerprint density at radius 3 is 2.55 bits per heavy atom. The van der Waals surface area contributed by atoms with E-state index in [9.17, 15) is 5.11 Å². The van der Waals surface area contributed by atoms with Crippen LogP contribution >= 0.6 is 15.9 Å². The van der Waals surface area contributed by atoms with Gasteiger partial charge in [0.15, 0.2) is 0 Å². The first kappa shape index (κ1) is 19.7. The average molecular weight is 451 g/mol. The molecule has 4 rings (SSSR count). The Balaban J connectivity index is 1.80. The van der Waals surface area contributed by atoms with Crippen molar-refractivity contribution in [2.45, 2.75) is 25.6 Å². The molecule has 2 unspecified atom stereocenters. The van der Waals surface area contributed by atoms with E-state index in [1.165, 1.54) is 5.56 Å². The van der Waals surface area contributed by atoms with Gasteiger partial charge in [0.05, 0.1) is 7.11 Å². The predicted octanol–water partition coefficient (Wildman–Crippen LogP) is 5.69. The van der Waals surface area contributed by atoms with Crippen LogP contribution in [0.3, 0.4) is 0 Å². The van der Waals surface area contributed by atoms with Crippen LogP contribution in [-0.4, -0.2) is 17.9 Å². The van der Waals surface area contributed by atoms with E-state index in [4.69, 9.17) is 9.73 Å². The van der Waals surface area contributed by atoms with Crippen molar-refractivity contribution in [1.82, 2.24) is 5.32 Å². The molecule has 0 fully saturated rings. The molecule has 1 aliphatic heterocycles. The number of hydrogen-bond acceptors (Lipinski definition) is 4. The number of aryl methyl sites for hydroxylation is 1. The van der Waals surface area contributed by atoms with Crippen molar-refractivity contribution in [3.8, 4) is 11.5 Å². The molecule has 0 amide bonds. The van der Waals surface area contributed by atoms with Crippen LogP contribution in [-0.2, 0) is 0 Å². The number of aliphatic imine (C=N–C) groups is 1. The van der Waals surface area contributed by atoms with E-state index in [-0.39, 0.29) is 18.0 Å². The number of benzene rings is 3. The van der Waals surface area contributed by atoms with Crippen molar-refractivity contribution in [2.24, 2.45) is 4.99 Å². The van der Waals surface area contributed by atoms with Gasteiger partial charge in [0.1, 0.15) is 17.7 Å². The van der Waals surface area contributed by atoms with E-state index in [0.29, 0.717) is 6.42 Å². The monoisotopic (exact) mass is 450 g/mol. The summed E-state index contributed by atoms with van der Waals surface area (Å²) in [7, 11) is 1.67. The molecule has 5 heteroatoms. The third-order valence-corrected chi connectivity index (χ3v) is 5.72. The lowest BCUT2D eigenvalue weighted by Gasteiger charge is -2.31. The van der Waals surface area contributed by atoms with Crippen molar-refractivity contribution in [3.05, 3.63) is 93.5 Å². The van der Waals surface area contributed by atoms with Crippen molar-refractivity contribution in [1.29, 1.82) is 0 Å². The molecule has 4 nitrogen and oxygen atoms in total. The number of hydrogen-bond donors (Lipinski definition) is 2. The molecule has 3 aromatic carbocycles. The Kier molecular flexibility index (Phi) is 5.69.